The summed E-state index contributed by atoms with van der Waals surface area (Å²) in [6, 6.07) is 0.333. The molecule has 2 rings (SSSR count). The molecule has 0 saturated carbocycles. The SMILES string of the molecule is CC(C)n1c(C(C)(C)C)nc(C2CCCOC2)c1N. The summed E-state index contributed by atoms with van der Waals surface area (Å²) in [6.07, 6.45) is 2.23. The first-order valence-electron chi connectivity index (χ1n) is 7.28. The summed E-state index contributed by atoms with van der Waals surface area (Å²) in [5.41, 5.74) is 7.42. The van der Waals surface area contributed by atoms with Gasteiger partial charge in [-0.05, 0) is 26.7 Å². The van der Waals surface area contributed by atoms with Crippen molar-refractivity contribution < 1.29 is 4.74 Å². The minimum absolute atomic E-state index is 0.00612. The number of imidazole rings is 1. The van der Waals surface area contributed by atoms with Gasteiger partial charge in [-0.2, -0.15) is 0 Å². The molecule has 1 unspecified atom stereocenters. The summed E-state index contributed by atoms with van der Waals surface area (Å²) in [4.78, 5) is 4.88. The molecule has 4 heteroatoms. The molecule has 0 spiro atoms. The summed E-state index contributed by atoms with van der Waals surface area (Å²) in [5, 5.41) is 0. The monoisotopic (exact) mass is 265 g/mol. The molecule has 0 aromatic carbocycles. The van der Waals surface area contributed by atoms with Gasteiger partial charge in [0.1, 0.15) is 11.6 Å². The lowest BCUT2D eigenvalue weighted by Gasteiger charge is -2.22. The van der Waals surface area contributed by atoms with E-state index in [0.29, 0.717) is 12.0 Å². The average molecular weight is 265 g/mol. The Hall–Kier alpha value is -1.03. The van der Waals surface area contributed by atoms with E-state index in [-0.39, 0.29) is 5.41 Å². The van der Waals surface area contributed by atoms with Crippen LogP contribution in [-0.4, -0.2) is 22.8 Å². The van der Waals surface area contributed by atoms with E-state index in [4.69, 9.17) is 15.5 Å². The zero-order valence-electron chi connectivity index (χ0n) is 12.9. The van der Waals surface area contributed by atoms with Gasteiger partial charge in [0.2, 0.25) is 0 Å². The molecule has 2 N–H and O–H groups in total. The zero-order chi connectivity index (χ0) is 14.2. The van der Waals surface area contributed by atoms with Gasteiger partial charge in [0, 0.05) is 24.0 Å². The zero-order valence-corrected chi connectivity index (χ0v) is 12.9. The maximum atomic E-state index is 6.38. The largest absolute Gasteiger partial charge is 0.384 e. The first-order valence-corrected chi connectivity index (χ1v) is 7.28. The number of nitrogens with zero attached hydrogens (tertiary/aromatic N) is 2. The number of nitrogens with two attached hydrogens (primary N) is 1. The first-order chi connectivity index (χ1) is 8.82. The molecule has 0 radical (unpaired) electrons. The van der Waals surface area contributed by atoms with Crippen LogP contribution in [0.3, 0.4) is 0 Å². The van der Waals surface area contributed by atoms with Crippen LogP contribution in [0.4, 0.5) is 5.82 Å². The number of anilines is 1. The van der Waals surface area contributed by atoms with Gasteiger partial charge in [-0.3, -0.25) is 0 Å². The van der Waals surface area contributed by atoms with Crippen molar-refractivity contribution >= 4 is 5.82 Å². The van der Waals surface area contributed by atoms with Crippen molar-refractivity contribution in [1.29, 1.82) is 0 Å². The van der Waals surface area contributed by atoms with Gasteiger partial charge in [0.15, 0.2) is 0 Å². The maximum Gasteiger partial charge on any atom is 0.127 e. The van der Waals surface area contributed by atoms with Gasteiger partial charge in [-0.1, -0.05) is 20.8 Å². The molecule has 1 fully saturated rings. The molecular weight excluding hydrogens is 238 g/mol. The van der Waals surface area contributed by atoms with Crippen LogP contribution < -0.4 is 5.73 Å². The van der Waals surface area contributed by atoms with E-state index in [1.807, 2.05) is 0 Å². The number of hydrogen-bond donors (Lipinski definition) is 1. The summed E-state index contributed by atoms with van der Waals surface area (Å²) in [5.74, 6) is 2.27. The summed E-state index contributed by atoms with van der Waals surface area (Å²) < 4.78 is 7.77. The van der Waals surface area contributed by atoms with Crippen LogP contribution in [0.1, 0.15) is 70.9 Å². The van der Waals surface area contributed by atoms with Crippen molar-refractivity contribution in [1.82, 2.24) is 9.55 Å². The third-order valence-corrected chi connectivity index (χ3v) is 3.71. The van der Waals surface area contributed by atoms with Gasteiger partial charge in [0.05, 0.1) is 12.3 Å². The molecule has 0 aliphatic carbocycles. The number of nitrogen functional groups attached to an aromatic ring is 1. The number of ether oxygens (including phenoxy) is 1. The van der Waals surface area contributed by atoms with E-state index < -0.39 is 0 Å². The lowest BCUT2D eigenvalue weighted by Crippen LogP contribution is -2.21. The van der Waals surface area contributed by atoms with Gasteiger partial charge >= 0.3 is 0 Å². The van der Waals surface area contributed by atoms with Crippen molar-refractivity contribution in [3.63, 3.8) is 0 Å². The molecule has 2 heterocycles. The molecule has 19 heavy (non-hydrogen) atoms. The molecule has 108 valence electrons. The van der Waals surface area contributed by atoms with Crippen LogP contribution in [0, 0.1) is 0 Å². The van der Waals surface area contributed by atoms with E-state index >= 15 is 0 Å². The Bertz CT molecular complexity index is 437. The Morgan fingerprint density at radius 3 is 2.47 bits per heavy atom. The van der Waals surface area contributed by atoms with Crippen LogP contribution in [0.15, 0.2) is 0 Å². The Balaban J connectivity index is 2.45. The number of rotatable bonds is 2. The van der Waals surface area contributed by atoms with E-state index in [0.717, 1.165) is 43.4 Å². The molecule has 1 aliphatic heterocycles. The Morgan fingerprint density at radius 2 is 2.05 bits per heavy atom. The third-order valence-electron chi connectivity index (χ3n) is 3.71. The lowest BCUT2D eigenvalue weighted by molar-refractivity contribution is 0.0795. The van der Waals surface area contributed by atoms with Crippen molar-refractivity contribution in [2.75, 3.05) is 18.9 Å². The summed E-state index contributed by atoms with van der Waals surface area (Å²) in [7, 11) is 0. The highest BCUT2D eigenvalue weighted by Gasteiger charge is 2.30. The normalized spacial score (nSPS) is 21.1. The van der Waals surface area contributed by atoms with E-state index in [2.05, 4.69) is 39.2 Å². The highest BCUT2D eigenvalue weighted by molar-refractivity contribution is 5.42. The van der Waals surface area contributed by atoms with Crippen molar-refractivity contribution in [3.8, 4) is 0 Å². The second-order valence-electron chi connectivity index (χ2n) is 6.83. The summed E-state index contributed by atoms with van der Waals surface area (Å²) in [6.45, 7) is 12.5. The average Bonchev–Trinajstić information content (AvgIpc) is 2.68. The highest BCUT2D eigenvalue weighted by Crippen LogP contribution is 2.35. The first kappa shape index (κ1) is 14.4. The molecule has 1 aromatic rings. The van der Waals surface area contributed by atoms with Crippen molar-refractivity contribution in [2.24, 2.45) is 0 Å². The fourth-order valence-corrected chi connectivity index (χ4v) is 2.77. The molecular formula is C15H27N3O. The third kappa shape index (κ3) is 2.78. The Kier molecular flexibility index (Phi) is 3.90. The highest BCUT2D eigenvalue weighted by atomic mass is 16.5. The standard InChI is InChI=1S/C15H27N3O/c1-10(2)18-13(16)12(11-7-6-8-19-9-11)17-14(18)15(3,4)5/h10-11H,6-9,16H2,1-5H3. The van der Waals surface area contributed by atoms with Crippen molar-refractivity contribution in [3.05, 3.63) is 11.5 Å². The van der Waals surface area contributed by atoms with Gasteiger partial charge in [-0.25, -0.2) is 4.98 Å². The lowest BCUT2D eigenvalue weighted by atomic mass is 9.95. The van der Waals surface area contributed by atoms with E-state index in [1.165, 1.54) is 0 Å². The minimum Gasteiger partial charge on any atom is -0.384 e. The van der Waals surface area contributed by atoms with Crippen molar-refractivity contribution in [2.45, 2.75) is 64.8 Å². The van der Waals surface area contributed by atoms with E-state index in [9.17, 15) is 0 Å². The van der Waals surface area contributed by atoms with Gasteiger partial charge < -0.3 is 15.0 Å². The minimum atomic E-state index is 0.00612. The molecule has 1 atom stereocenters. The second-order valence-corrected chi connectivity index (χ2v) is 6.83. The molecule has 1 saturated heterocycles. The fourth-order valence-electron chi connectivity index (χ4n) is 2.77. The van der Waals surface area contributed by atoms with Gasteiger partial charge in [-0.15, -0.1) is 0 Å². The maximum absolute atomic E-state index is 6.38. The second kappa shape index (κ2) is 5.16. The molecule has 0 amide bonds. The Labute approximate surface area is 116 Å². The van der Waals surface area contributed by atoms with Crippen LogP contribution in [-0.2, 0) is 10.2 Å². The molecule has 4 nitrogen and oxygen atoms in total. The Morgan fingerprint density at radius 1 is 1.37 bits per heavy atom. The van der Waals surface area contributed by atoms with Gasteiger partial charge in [0.25, 0.3) is 0 Å². The predicted octanol–water partition coefficient (Wildman–Crippen LogP) is 3.24. The van der Waals surface area contributed by atoms with E-state index in [1.54, 1.807) is 0 Å². The number of hydrogen-bond acceptors (Lipinski definition) is 3. The van der Waals surface area contributed by atoms with Crippen LogP contribution in [0.5, 0.6) is 0 Å². The molecule has 1 aliphatic rings. The van der Waals surface area contributed by atoms with Crippen LogP contribution >= 0.6 is 0 Å². The quantitative estimate of drug-likeness (QED) is 0.893. The van der Waals surface area contributed by atoms with Crippen LogP contribution in [0.2, 0.25) is 0 Å². The topological polar surface area (TPSA) is 53.1 Å². The molecule has 1 aromatic heterocycles. The number of aromatic nitrogens is 2. The van der Waals surface area contributed by atoms with Crippen LogP contribution in [0.25, 0.3) is 0 Å². The predicted molar refractivity (Wildman–Crippen MR) is 78.5 cm³/mol. The smallest absolute Gasteiger partial charge is 0.127 e. The molecule has 0 bridgehead atoms. The fraction of sp³-hybridized carbons (Fsp3) is 0.800. The summed E-state index contributed by atoms with van der Waals surface area (Å²) >= 11 is 0.